The first-order valence-corrected chi connectivity index (χ1v) is 6.47. The number of nitrogens with one attached hydrogen (secondary N) is 2. The predicted molar refractivity (Wildman–Crippen MR) is 84.4 cm³/mol. The largest absolute Gasteiger partial charge is 0.491 e. The van der Waals surface area contributed by atoms with Crippen molar-refractivity contribution >= 4 is 24.0 Å². The Morgan fingerprint density at radius 3 is 2.62 bits per heavy atom. The maximum absolute atomic E-state index is 11.7. The first kappa shape index (κ1) is 19.7. The average Bonchev–Trinajstić information content (AvgIpc) is 2.44. The van der Waals surface area contributed by atoms with Crippen molar-refractivity contribution in [2.75, 3.05) is 52.4 Å². The van der Waals surface area contributed by atoms with E-state index in [0.717, 1.165) is 0 Å². The molecule has 2 N–H and O–H groups in total. The lowest BCUT2D eigenvalue weighted by Crippen LogP contribution is -2.30. The number of anilines is 1. The molecule has 1 amide bonds. The molecule has 1 rings (SSSR count). The van der Waals surface area contributed by atoms with Gasteiger partial charge in [-0.3, -0.25) is 4.79 Å². The summed E-state index contributed by atoms with van der Waals surface area (Å²) in [5.74, 6) is 0.599. The minimum Gasteiger partial charge on any atom is -0.491 e. The molecule has 0 saturated heterocycles. The zero-order valence-corrected chi connectivity index (χ0v) is 13.2. The van der Waals surface area contributed by atoms with Crippen molar-refractivity contribution < 1.29 is 19.0 Å². The molecule has 6 nitrogen and oxygen atoms in total. The Morgan fingerprint density at radius 2 is 1.90 bits per heavy atom. The first-order chi connectivity index (χ1) is 9.76. The maximum atomic E-state index is 11.7. The summed E-state index contributed by atoms with van der Waals surface area (Å²) >= 11 is 0. The number of carbonyl (C=O) groups excluding carboxylic acids is 1. The van der Waals surface area contributed by atoms with Gasteiger partial charge in [0.15, 0.2) is 0 Å². The highest BCUT2D eigenvalue weighted by Gasteiger charge is 2.03. The molecule has 0 atom stereocenters. The fourth-order valence-electron chi connectivity index (χ4n) is 1.49. The van der Waals surface area contributed by atoms with Crippen LogP contribution in [0, 0.1) is 0 Å². The lowest BCUT2D eigenvalue weighted by atomic mass is 10.3. The summed E-state index contributed by atoms with van der Waals surface area (Å²) in [5, 5.41) is 5.77. The number of benzene rings is 1. The molecule has 0 unspecified atom stereocenters. The Hall–Kier alpha value is -1.34. The quantitative estimate of drug-likeness (QED) is 0.637. The highest BCUT2D eigenvalue weighted by Crippen LogP contribution is 2.17. The summed E-state index contributed by atoms with van der Waals surface area (Å²) in [6, 6.07) is 7.26. The lowest BCUT2D eigenvalue weighted by molar-refractivity contribution is -0.115. The molecule has 0 bridgehead atoms. The van der Waals surface area contributed by atoms with Gasteiger partial charge in [0.1, 0.15) is 12.4 Å². The first-order valence-electron chi connectivity index (χ1n) is 6.47. The third kappa shape index (κ3) is 9.25. The van der Waals surface area contributed by atoms with Crippen molar-refractivity contribution in [3.05, 3.63) is 24.3 Å². The van der Waals surface area contributed by atoms with E-state index < -0.39 is 0 Å². The number of methoxy groups -OCH3 is 2. The van der Waals surface area contributed by atoms with Gasteiger partial charge >= 0.3 is 0 Å². The third-order valence-electron chi connectivity index (χ3n) is 2.44. The average molecular weight is 319 g/mol. The Bertz CT molecular complexity index is 404. The van der Waals surface area contributed by atoms with Crippen LogP contribution in [-0.2, 0) is 14.3 Å². The molecule has 0 spiro atoms. The molecule has 21 heavy (non-hydrogen) atoms. The summed E-state index contributed by atoms with van der Waals surface area (Å²) in [6.45, 7) is 2.48. The number of rotatable bonds is 10. The SMILES string of the molecule is COCCNCC(=O)Nc1cccc(OCCOC)c1.Cl. The van der Waals surface area contributed by atoms with Crippen molar-refractivity contribution in [2.24, 2.45) is 0 Å². The van der Waals surface area contributed by atoms with E-state index in [-0.39, 0.29) is 24.9 Å². The van der Waals surface area contributed by atoms with Gasteiger partial charge in [0, 0.05) is 32.5 Å². The Morgan fingerprint density at radius 1 is 1.14 bits per heavy atom. The summed E-state index contributed by atoms with van der Waals surface area (Å²) in [6.07, 6.45) is 0. The van der Waals surface area contributed by atoms with Gasteiger partial charge in [-0.25, -0.2) is 0 Å². The van der Waals surface area contributed by atoms with E-state index >= 15 is 0 Å². The van der Waals surface area contributed by atoms with Crippen molar-refractivity contribution in [3.63, 3.8) is 0 Å². The highest BCUT2D eigenvalue weighted by molar-refractivity contribution is 5.92. The standard InChI is InChI=1S/C14H22N2O4.ClH/c1-18-7-6-15-11-14(17)16-12-4-3-5-13(10-12)20-9-8-19-2;/h3-5,10,15H,6-9,11H2,1-2H3,(H,16,17);1H. The summed E-state index contributed by atoms with van der Waals surface area (Å²) in [7, 11) is 3.24. The number of carbonyl (C=O) groups is 1. The second-order valence-corrected chi connectivity index (χ2v) is 4.09. The third-order valence-corrected chi connectivity index (χ3v) is 2.44. The van der Waals surface area contributed by atoms with Gasteiger partial charge in [0.2, 0.25) is 5.91 Å². The van der Waals surface area contributed by atoms with Crippen LogP contribution in [0.3, 0.4) is 0 Å². The van der Waals surface area contributed by atoms with E-state index in [1.807, 2.05) is 18.2 Å². The monoisotopic (exact) mass is 318 g/mol. The van der Waals surface area contributed by atoms with E-state index in [2.05, 4.69) is 10.6 Å². The second-order valence-electron chi connectivity index (χ2n) is 4.09. The molecule has 0 aliphatic heterocycles. The summed E-state index contributed by atoms with van der Waals surface area (Å²) < 4.78 is 15.3. The van der Waals surface area contributed by atoms with Gasteiger partial charge in [-0.15, -0.1) is 12.4 Å². The van der Waals surface area contributed by atoms with Gasteiger partial charge in [-0.1, -0.05) is 6.07 Å². The van der Waals surface area contributed by atoms with E-state index in [1.54, 1.807) is 20.3 Å². The van der Waals surface area contributed by atoms with Crippen LogP contribution in [0.5, 0.6) is 5.75 Å². The van der Waals surface area contributed by atoms with E-state index in [9.17, 15) is 4.79 Å². The Balaban J connectivity index is 0.00000400. The molecule has 7 heteroatoms. The molecule has 120 valence electrons. The highest BCUT2D eigenvalue weighted by atomic mass is 35.5. The molecule has 1 aromatic rings. The number of hydrogen-bond donors (Lipinski definition) is 2. The molecule has 0 fully saturated rings. The van der Waals surface area contributed by atoms with Crippen molar-refractivity contribution in [3.8, 4) is 5.75 Å². The van der Waals surface area contributed by atoms with Crippen molar-refractivity contribution in [1.29, 1.82) is 0 Å². The van der Waals surface area contributed by atoms with Gasteiger partial charge in [0.05, 0.1) is 19.8 Å². The van der Waals surface area contributed by atoms with Crippen LogP contribution in [0.25, 0.3) is 0 Å². The number of ether oxygens (including phenoxy) is 3. The minimum atomic E-state index is -0.102. The molecule has 1 aromatic carbocycles. The van der Waals surface area contributed by atoms with Crippen LogP contribution in [0.4, 0.5) is 5.69 Å². The second kappa shape index (κ2) is 12.4. The van der Waals surface area contributed by atoms with Gasteiger partial charge < -0.3 is 24.8 Å². The lowest BCUT2D eigenvalue weighted by Gasteiger charge is -2.09. The molecule has 0 radical (unpaired) electrons. The Kier molecular flexibility index (Phi) is 11.6. The Labute approximate surface area is 131 Å². The van der Waals surface area contributed by atoms with E-state index in [4.69, 9.17) is 14.2 Å². The number of hydrogen-bond acceptors (Lipinski definition) is 5. The van der Waals surface area contributed by atoms with Crippen molar-refractivity contribution in [1.82, 2.24) is 5.32 Å². The molecule has 0 saturated carbocycles. The molecular weight excluding hydrogens is 296 g/mol. The van der Waals surface area contributed by atoms with Gasteiger partial charge in [-0.2, -0.15) is 0 Å². The zero-order chi connectivity index (χ0) is 14.6. The van der Waals surface area contributed by atoms with Gasteiger partial charge in [-0.05, 0) is 12.1 Å². The maximum Gasteiger partial charge on any atom is 0.238 e. The zero-order valence-electron chi connectivity index (χ0n) is 12.4. The van der Waals surface area contributed by atoms with Crippen LogP contribution in [0.15, 0.2) is 24.3 Å². The molecule has 0 heterocycles. The van der Waals surface area contributed by atoms with Gasteiger partial charge in [0.25, 0.3) is 0 Å². The fraction of sp³-hybridized carbons (Fsp3) is 0.500. The smallest absolute Gasteiger partial charge is 0.238 e. The predicted octanol–water partition coefficient (Wildman–Crippen LogP) is 1.31. The molecule has 0 aromatic heterocycles. The van der Waals surface area contributed by atoms with Crippen molar-refractivity contribution in [2.45, 2.75) is 0 Å². The summed E-state index contributed by atoms with van der Waals surface area (Å²) in [4.78, 5) is 11.7. The van der Waals surface area contributed by atoms with E-state index in [1.165, 1.54) is 0 Å². The number of amides is 1. The van der Waals surface area contributed by atoms with Crippen LogP contribution in [0.1, 0.15) is 0 Å². The normalized spacial score (nSPS) is 9.81. The van der Waals surface area contributed by atoms with Crippen LogP contribution >= 0.6 is 12.4 Å². The fourth-order valence-corrected chi connectivity index (χ4v) is 1.49. The molecule has 0 aliphatic carbocycles. The minimum absolute atomic E-state index is 0. The molecule has 0 aliphatic rings. The van der Waals surface area contributed by atoms with Crippen LogP contribution in [0.2, 0.25) is 0 Å². The molecular formula is C14H23ClN2O4. The van der Waals surface area contributed by atoms with E-state index in [0.29, 0.717) is 37.8 Å². The van der Waals surface area contributed by atoms with Crippen LogP contribution < -0.4 is 15.4 Å². The van der Waals surface area contributed by atoms with Crippen LogP contribution in [-0.4, -0.2) is 53.0 Å². The summed E-state index contributed by atoms with van der Waals surface area (Å²) in [5.41, 5.74) is 0.707. The topological polar surface area (TPSA) is 68.8 Å². The number of halogens is 1.